The van der Waals surface area contributed by atoms with E-state index in [2.05, 4.69) is 15.2 Å². The number of ether oxygens (including phenoxy) is 1. The molecule has 1 amide bonds. The molecule has 1 fully saturated rings. The van der Waals surface area contributed by atoms with Gasteiger partial charge in [0.05, 0.1) is 12.6 Å². The van der Waals surface area contributed by atoms with Crippen LogP contribution in [0.1, 0.15) is 48.0 Å². The van der Waals surface area contributed by atoms with Crippen molar-refractivity contribution in [1.29, 1.82) is 0 Å². The quantitative estimate of drug-likeness (QED) is 0.675. The predicted octanol–water partition coefficient (Wildman–Crippen LogP) is 3.22. The van der Waals surface area contributed by atoms with Gasteiger partial charge in [-0.05, 0) is 37.1 Å². The molecule has 2 aliphatic heterocycles. The Morgan fingerprint density at radius 3 is 2.83 bits per heavy atom. The monoisotopic (exact) mass is 397 g/mol. The maximum absolute atomic E-state index is 13.2. The Labute approximate surface area is 166 Å². The molecule has 9 heteroatoms. The summed E-state index contributed by atoms with van der Waals surface area (Å²) in [5, 5.41) is 8.52. The SMILES string of the molecule is O=C(c1cc2n(n1)CCO2)N1CCCCC[C@@H]1c1noc(-c2ccc(F)cc2)n1. The van der Waals surface area contributed by atoms with Crippen molar-refractivity contribution in [2.24, 2.45) is 0 Å². The smallest absolute Gasteiger partial charge is 0.275 e. The summed E-state index contributed by atoms with van der Waals surface area (Å²) in [6.45, 7) is 1.84. The first-order chi connectivity index (χ1) is 14.2. The molecule has 2 aromatic heterocycles. The van der Waals surface area contributed by atoms with Crippen molar-refractivity contribution in [3.05, 3.63) is 47.7 Å². The third-order valence-corrected chi connectivity index (χ3v) is 5.36. The van der Waals surface area contributed by atoms with Crippen molar-refractivity contribution in [2.75, 3.05) is 13.2 Å². The Kier molecular flexibility index (Phi) is 4.49. The lowest BCUT2D eigenvalue weighted by Gasteiger charge is -2.27. The zero-order valence-electron chi connectivity index (χ0n) is 15.8. The van der Waals surface area contributed by atoms with Crippen molar-refractivity contribution in [2.45, 2.75) is 38.3 Å². The molecule has 2 aliphatic rings. The lowest BCUT2D eigenvalue weighted by atomic mass is 10.1. The Hall–Kier alpha value is -3.23. The second-order valence-electron chi connectivity index (χ2n) is 7.27. The van der Waals surface area contributed by atoms with Gasteiger partial charge in [-0.25, -0.2) is 9.07 Å². The molecule has 4 heterocycles. The van der Waals surface area contributed by atoms with Crippen molar-refractivity contribution >= 4 is 5.91 Å². The van der Waals surface area contributed by atoms with Crippen LogP contribution in [0.4, 0.5) is 4.39 Å². The van der Waals surface area contributed by atoms with Crippen molar-refractivity contribution in [1.82, 2.24) is 24.8 Å². The molecular weight excluding hydrogens is 377 g/mol. The molecule has 0 saturated carbocycles. The number of hydrogen-bond donors (Lipinski definition) is 0. The fourth-order valence-corrected chi connectivity index (χ4v) is 3.86. The summed E-state index contributed by atoms with van der Waals surface area (Å²) in [7, 11) is 0. The fraction of sp³-hybridized carbons (Fsp3) is 0.400. The summed E-state index contributed by atoms with van der Waals surface area (Å²) in [4.78, 5) is 19.5. The van der Waals surface area contributed by atoms with Gasteiger partial charge in [0.25, 0.3) is 11.8 Å². The Morgan fingerprint density at radius 2 is 2.00 bits per heavy atom. The number of nitrogens with zero attached hydrogens (tertiary/aromatic N) is 5. The van der Waals surface area contributed by atoms with Gasteiger partial charge in [-0.15, -0.1) is 0 Å². The van der Waals surface area contributed by atoms with Crippen molar-refractivity contribution < 1.29 is 18.4 Å². The van der Waals surface area contributed by atoms with E-state index in [0.717, 1.165) is 25.7 Å². The van der Waals surface area contributed by atoms with Gasteiger partial charge in [-0.3, -0.25) is 4.79 Å². The Morgan fingerprint density at radius 1 is 1.14 bits per heavy atom. The summed E-state index contributed by atoms with van der Waals surface area (Å²) in [6.07, 6.45) is 3.66. The van der Waals surface area contributed by atoms with Crippen LogP contribution in [0.5, 0.6) is 5.88 Å². The highest BCUT2D eigenvalue weighted by Gasteiger charge is 2.33. The number of amides is 1. The minimum absolute atomic E-state index is 0.157. The third-order valence-electron chi connectivity index (χ3n) is 5.36. The molecule has 3 aromatic rings. The minimum atomic E-state index is -0.329. The zero-order valence-corrected chi connectivity index (χ0v) is 15.8. The van der Waals surface area contributed by atoms with Crippen LogP contribution >= 0.6 is 0 Å². The molecule has 0 radical (unpaired) electrons. The van der Waals surface area contributed by atoms with Crippen LogP contribution in [0.3, 0.4) is 0 Å². The average Bonchev–Trinajstić information content (AvgIpc) is 3.41. The number of halogens is 1. The highest BCUT2D eigenvalue weighted by Crippen LogP contribution is 2.32. The van der Waals surface area contributed by atoms with Crippen LogP contribution in [0.25, 0.3) is 11.5 Å². The summed E-state index contributed by atoms with van der Waals surface area (Å²) in [6, 6.07) is 7.28. The lowest BCUT2D eigenvalue weighted by Crippen LogP contribution is -2.35. The number of likely N-dealkylation sites (tertiary alicyclic amines) is 1. The molecule has 0 N–H and O–H groups in total. The number of carbonyl (C=O) groups excluding carboxylic acids is 1. The van der Waals surface area contributed by atoms with E-state index in [-0.39, 0.29) is 17.8 Å². The minimum Gasteiger partial charge on any atom is -0.476 e. The second-order valence-corrected chi connectivity index (χ2v) is 7.27. The van der Waals surface area contributed by atoms with Crippen LogP contribution in [0.15, 0.2) is 34.9 Å². The van der Waals surface area contributed by atoms with Crippen LogP contribution in [-0.2, 0) is 6.54 Å². The molecule has 0 unspecified atom stereocenters. The topological polar surface area (TPSA) is 86.3 Å². The number of fused-ring (bicyclic) bond motifs is 1. The Bertz CT molecular complexity index is 1010. The Balaban J connectivity index is 1.43. The molecule has 1 aromatic carbocycles. The molecule has 0 spiro atoms. The fourth-order valence-electron chi connectivity index (χ4n) is 3.86. The van der Waals surface area contributed by atoms with Gasteiger partial charge in [0.15, 0.2) is 11.5 Å². The van der Waals surface area contributed by atoms with E-state index in [4.69, 9.17) is 9.26 Å². The van der Waals surface area contributed by atoms with Gasteiger partial charge in [-0.2, -0.15) is 10.1 Å². The number of carbonyl (C=O) groups is 1. The number of rotatable bonds is 3. The van der Waals surface area contributed by atoms with Gasteiger partial charge >= 0.3 is 0 Å². The lowest BCUT2D eigenvalue weighted by molar-refractivity contribution is 0.0663. The van der Waals surface area contributed by atoms with E-state index >= 15 is 0 Å². The van der Waals surface area contributed by atoms with E-state index in [9.17, 15) is 9.18 Å². The van der Waals surface area contributed by atoms with Crippen LogP contribution in [0, 0.1) is 5.82 Å². The maximum atomic E-state index is 13.2. The largest absolute Gasteiger partial charge is 0.476 e. The van der Waals surface area contributed by atoms with E-state index in [1.807, 2.05) is 0 Å². The summed E-state index contributed by atoms with van der Waals surface area (Å²) in [5.41, 5.74) is 1.01. The third kappa shape index (κ3) is 3.37. The number of hydrogen-bond acceptors (Lipinski definition) is 6. The molecule has 5 rings (SSSR count). The first-order valence-electron chi connectivity index (χ1n) is 9.80. The van der Waals surface area contributed by atoms with E-state index in [1.54, 1.807) is 27.8 Å². The standard InChI is InChI=1S/C20H20FN5O3/c21-14-7-5-13(6-8-14)19-22-18(24-29-19)16-4-2-1-3-9-25(16)20(27)15-12-17-26(23-15)10-11-28-17/h5-8,12,16H,1-4,9-11H2/t16-/m1/s1. The van der Waals surface area contributed by atoms with Gasteiger partial charge in [-0.1, -0.05) is 18.0 Å². The van der Waals surface area contributed by atoms with Crippen LogP contribution in [0.2, 0.25) is 0 Å². The molecule has 1 atom stereocenters. The van der Waals surface area contributed by atoms with E-state index in [0.29, 0.717) is 48.5 Å². The molecular formula is C20H20FN5O3. The highest BCUT2D eigenvalue weighted by atomic mass is 19.1. The van der Waals surface area contributed by atoms with Gasteiger partial charge in [0.2, 0.25) is 5.88 Å². The summed E-state index contributed by atoms with van der Waals surface area (Å²) < 4.78 is 25.8. The van der Waals surface area contributed by atoms with Crippen LogP contribution in [-0.4, -0.2) is 43.9 Å². The molecule has 0 aliphatic carbocycles. The number of aromatic nitrogens is 4. The summed E-state index contributed by atoms with van der Waals surface area (Å²) in [5.74, 6) is 0.909. The summed E-state index contributed by atoms with van der Waals surface area (Å²) >= 11 is 0. The van der Waals surface area contributed by atoms with Gasteiger partial charge < -0.3 is 14.2 Å². The van der Waals surface area contributed by atoms with Crippen LogP contribution < -0.4 is 4.74 Å². The molecule has 1 saturated heterocycles. The highest BCUT2D eigenvalue weighted by molar-refractivity contribution is 5.93. The van der Waals surface area contributed by atoms with Gasteiger partial charge in [0, 0.05) is 18.2 Å². The number of benzene rings is 1. The van der Waals surface area contributed by atoms with Crippen molar-refractivity contribution in [3.8, 4) is 17.3 Å². The molecule has 29 heavy (non-hydrogen) atoms. The average molecular weight is 397 g/mol. The normalized spacial score (nSPS) is 18.9. The first kappa shape index (κ1) is 17.8. The van der Waals surface area contributed by atoms with E-state index in [1.165, 1.54) is 12.1 Å². The predicted molar refractivity (Wildman–Crippen MR) is 99.7 cm³/mol. The van der Waals surface area contributed by atoms with Gasteiger partial charge in [0.1, 0.15) is 12.4 Å². The zero-order chi connectivity index (χ0) is 19.8. The van der Waals surface area contributed by atoms with Crippen molar-refractivity contribution in [3.63, 3.8) is 0 Å². The molecule has 8 nitrogen and oxygen atoms in total. The first-order valence-corrected chi connectivity index (χ1v) is 9.80. The second kappa shape index (κ2) is 7.31. The van der Waals surface area contributed by atoms with E-state index < -0.39 is 0 Å². The molecule has 150 valence electrons. The maximum Gasteiger partial charge on any atom is 0.275 e. The molecule has 0 bridgehead atoms.